The monoisotopic (exact) mass is 336 g/mol. The zero-order valence-corrected chi connectivity index (χ0v) is 14.3. The van der Waals surface area contributed by atoms with Gasteiger partial charge in [-0.15, -0.1) is 0 Å². The van der Waals surface area contributed by atoms with E-state index < -0.39 is 0 Å². The molecule has 0 fully saturated rings. The summed E-state index contributed by atoms with van der Waals surface area (Å²) >= 11 is 0. The number of imidazole rings is 2. The van der Waals surface area contributed by atoms with Crippen LogP contribution in [-0.2, 0) is 6.54 Å². The van der Waals surface area contributed by atoms with Crippen LogP contribution < -0.4 is 4.74 Å². The van der Waals surface area contributed by atoms with E-state index in [2.05, 4.69) is 26.4 Å². The van der Waals surface area contributed by atoms with Gasteiger partial charge in [0.2, 0.25) is 0 Å². The molecule has 0 radical (unpaired) electrons. The van der Waals surface area contributed by atoms with E-state index in [1.54, 1.807) is 18.5 Å². The van der Waals surface area contributed by atoms with Crippen molar-refractivity contribution < 1.29 is 9.84 Å². The van der Waals surface area contributed by atoms with Gasteiger partial charge in [-0.2, -0.15) is 0 Å². The fraction of sp³-hybridized carbons (Fsp3) is 0.263. The fourth-order valence-corrected chi connectivity index (χ4v) is 3.09. The number of aryl methyl sites for hydroxylation is 2. The second kappa shape index (κ2) is 6.12. The Kier molecular flexibility index (Phi) is 3.80. The number of aromatic amines is 1. The number of phenols is 1. The predicted octanol–water partition coefficient (Wildman–Crippen LogP) is 4.52. The molecule has 6 heteroatoms. The van der Waals surface area contributed by atoms with E-state index in [4.69, 9.17) is 4.74 Å². The van der Waals surface area contributed by atoms with Crippen molar-refractivity contribution in [3.63, 3.8) is 0 Å². The molecule has 2 aromatic carbocycles. The van der Waals surface area contributed by atoms with Crippen molar-refractivity contribution >= 4 is 22.1 Å². The van der Waals surface area contributed by atoms with Gasteiger partial charge in [-0.05, 0) is 37.6 Å². The predicted molar refractivity (Wildman–Crippen MR) is 97.2 cm³/mol. The lowest BCUT2D eigenvalue weighted by atomic mass is 10.2. The number of hydrogen-bond donors (Lipinski definition) is 2. The fourth-order valence-electron chi connectivity index (χ4n) is 3.09. The Bertz CT molecular complexity index is 1050. The van der Waals surface area contributed by atoms with Crippen molar-refractivity contribution in [2.45, 2.75) is 33.2 Å². The number of nitrogens with zero attached hydrogens (tertiary/aromatic N) is 3. The summed E-state index contributed by atoms with van der Waals surface area (Å²) in [5, 5.41) is 10.3. The van der Waals surface area contributed by atoms with Crippen molar-refractivity contribution in [1.82, 2.24) is 19.5 Å². The Morgan fingerprint density at radius 1 is 1.24 bits per heavy atom. The highest BCUT2D eigenvalue weighted by atomic mass is 16.5. The summed E-state index contributed by atoms with van der Waals surface area (Å²) < 4.78 is 8.12. The maximum Gasteiger partial charge on any atom is 0.155 e. The number of unbranched alkanes of at least 4 members (excludes halogenated alkanes) is 1. The highest BCUT2D eigenvalue weighted by Crippen LogP contribution is 2.36. The molecule has 4 aromatic rings. The highest BCUT2D eigenvalue weighted by Gasteiger charge is 2.16. The molecule has 0 saturated heterocycles. The average Bonchev–Trinajstić information content (AvgIpc) is 3.19. The standard InChI is InChI=1S/C19H20N4O2/c1-3-4-9-23-12(2)22-18-17(8-7-16(24)19(18)23)25-13-5-6-14-15(10-13)21-11-20-14/h5-8,10-11,24H,3-4,9H2,1-2H3,(H,20,21). The Morgan fingerprint density at radius 3 is 2.96 bits per heavy atom. The molecule has 0 saturated carbocycles. The summed E-state index contributed by atoms with van der Waals surface area (Å²) in [5.41, 5.74) is 3.21. The third-order valence-electron chi connectivity index (χ3n) is 4.38. The van der Waals surface area contributed by atoms with Gasteiger partial charge < -0.3 is 19.4 Å². The number of benzene rings is 2. The van der Waals surface area contributed by atoms with Crippen LogP contribution in [0.25, 0.3) is 22.1 Å². The third kappa shape index (κ3) is 2.69. The topological polar surface area (TPSA) is 76.0 Å². The van der Waals surface area contributed by atoms with Gasteiger partial charge in [0, 0.05) is 12.6 Å². The SMILES string of the molecule is CCCCn1c(C)nc2c(Oc3ccc4nc[nH]c4c3)ccc(O)c21. The number of aromatic nitrogens is 4. The van der Waals surface area contributed by atoms with Crippen LogP contribution in [0.4, 0.5) is 0 Å². The molecule has 25 heavy (non-hydrogen) atoms. The first-order valence-corrected chi connectivity index (χ1v) is 8.47. The van der Waals surface area contributed by atoms with Crippen LogP contribution in [0.1, 0.15) is 25.6 Å². The third-order valence-corrected chi connectivity index (χ3v) is 4.38. The van der Waals surface area contributed by atoms with E-state index in [0.717, 1.165) is 41.8 Å². The van der Waals surface area contributed by atoms with Gasteiger partial charge in [-0.3, -0.25) is 0 Å². The number of phenolic OH excluding ortho intramolecular Hbond substituents is 1. The van der Waals surface area contributed by atoms with Crippen molar-refractivity contribution in [3.05, 3.63) is 42.5 Å². The number of aromatic hydroxyl groups is 1. The second-order valence-corrected chi connectivity index (χ2v) is 6.13. The molecule has 2 N–H and O–H groups in total. The first-order chi connectivity index (χ1) is 12.2. The average molecular weight is 336 g/mol. The van der Waals surface area contributed by atoms with Crippen molar-refractivity contribution in [2.24, 2.45) is 0 Å². The maximum atomic E-state index is 10.3. The van der Waals surface area contributed by atoms with Crippen LogP contribution in [0.5, 0.6) is 17.2 Å². The van der Waals surface area contributed by atoms with Crippen molar-refractivity contribution in [1.29, 1.82) is 0 Å². The molecule has 0 aliphatic heterocycles. The quantitative estimate of drug-likeness (QED) is 0.562. The smallest absolute Gasteiger partial charge is 0.155 e. The first-order valence-electron chi connectivity index (χ1n) is 8.47. The van der Waals surface area contributed by atoms with Gasteiger partial charge in [0.25, 0.3) is 0 Å². The van der Waals surface area contributed by atoms with Crippen LogP contribution in [-0.4, -0.2) is 24.6 Å². The number of ether oxygens (including phenoxy) is 1. The van der Waals surface area contributed by atoms with Gasteiger partial charge in [0.1, 0.15) is 28.4 Å². The summed E-state index contributed by atoms with van der Waals surface area (Å²) in [5.74, 6) is 2.43. The molecule has 0 amide bonds. The molecule has 0 aliphatic carbocycles. The molecule has 0 atom stereocenters. The molecular formula is C19H20N4O2. The second-order valence-electron chi connectivity index (χ2n) is 6.13. The number of nitrogens with one attached hydrogen (secondary N) is 1. The Balaban J connectivity index is 1.77. The lowest BCUT2D eigenvalue weighted by Crippen LogP contribution is -2.00. The van der Waals surface area contributed by atoms with E-state index in [1.165, 1.54) is 0 Å². The Morgan fingerprint density at radius 2 is 2.12 bits per heavy atom. The molecule has 6 nitrogen and oxygen atoms in total. The van der Waals surface area contributed by atoms with Crippen LogP contribution in [0.3, 0.4) is 0 Å². The van der Waals surface area contributed by atoms with Crippen LogP contribution in [0.15, 0.2) is 36.7 Å². The molecule has 128 valence electrons. The first kappa shape index (κ1) is 15.5. The summed E-state index contributed by atoms with van der Waals surface area (Å²) in [6, 6.07) is 9.11. The number of hydrogen-bond acceptors (Lipinski definition) is 4. The van der Waals surface area contributed by atoms with E-state index in [1.807, 2.05) is 25.1 Å². The molecule has 2 aromatic heterocycles. The minimum atomic E-state index is 0.225. The molecule has 0 spiro atoms. The van der Waals surface area contributed by atoms with Gasteiger partial charge >= 0.3 is 0 Å². The van der Waals surface area contributed by atoms with E-state index in [-0.39, 0.29) is 5.75 Å². The normalized spacial score (nSPS) is 11.4. The minimum Gasteiger partial charge on any atom is -0.506 e. The molecular weight excluding hydrogens is 316 g/mol. The van der Waals surface area contributed by atoms with Gasteiger partial charge in [0.15, 0.2) is 5.75 Å². The Labute approximate surface area is 145 Å². The van der Waals surface area contributed by atoms with E-state index >= 15 is 0 Å². The molecule has 0 unspecified atom stereocenters. The summed E-state index contributed by atoms with van der Waals surface area (Å²) in [6.45, 7) is 4.93. The lowest BCUT2D eigenvalue weighted by Gasteiger charge is -2.09. The summed E-state index contributed by atoms with van der Waals surface area (Å²) in [4.78, 5) is 11.9. The zero-order chi connectivity index (χ0) is 17.4. The largest absolute Gasteiger partial charge is 0.506 e. The zero-order valence-electron chi connectivity index (χ0n) is 14.3. The Hall–Kier alpha value is -3.02. The van der Waals surface area contributed by atoms with Crippen molar-refractivity contribution in [2.75, 3.05) is 0 Å². The molecule has 2 heterocycles. The maximum absolute atomic E-state index is 10.3. The molecule has 4 rings (SSSR count). The number of fused-ring (bicyclic) bond motifs is 2. The van der Waals surface area contributed by atoms with Crippen LogP contribution in [0, 0.1) is 6.92 Å². The van der Waals surface area contributed by atoms with E-state index in [0.29, 0.717) is 17.0 Å². The molecule has 0 aliphatic rings. The number of rotatable bonds is 5. The van der Waals surface area contributed by atoms with Crippen molar-refractivity contribution in [3.8, 4) is 17.2 Å². The van der Waals surface area contributed by atoms with Gasteiger partial charge in [0.05, 0.1) is 17.4 Å². The van der Waals surface area contributed by atoms with Crippen LogP contribution >= 0.6 is 0 Å². The summed E-state index contributed by atoms with van der Waals surface area (Å²) in [6.07, 6.45) is 3.78. The van der Waals surface area contributed by atoms with Gasteiger partial charge in [-0.25, -0.2) is 9.97 Å². The highest BCUT2D eigenvalue weighted by molar-refractivity contribution is 5.88. The summed E-state index contributed by atoms with van der Waals surface area (Å²) in [7, 11) is 0. The molecule has 0 bridgehead atoms. The minimum absolute atomic E-state index is 0.225. The lowest BCUT2D eigenvalue weighted by molar-refractivity contribution is 0.469. The van der Waals surface area contributed by atoms with Crippen LogP contribution in [0.2, 0.25) is 0 Å². The van der Waals surface area contributed by atoms with E-state index in [9.17, 15) is 5.11 Å². The van der Waals surface area contributed by atoms with Gasteiger partial charge in [-0.1, -0.05) is 13.3 Å². The number of H-pyrrole nitrogens is 1.